The molecule has 0 spiro atoms. The van der Waals surface area contributed by atoms with E-state index in [1.165, 1.54) is 18.3 Å². The van der Waals surface area contributed by atoms with Crippen LogP contribution in [-0.4, -0.2) is 22.8 Å². The SMILES string of the molecule is C=C1N=CC=C(c2cccc(NC(=O)Cc3cccc(C(F)(F)F)c3)c2)N1/N=C(C)/C(/C=C\N)=C/C. The maximum atomic E-state index is 13.0. The lowest BCUT2D eigenvalue weighted by Gasteiger charge is -2.25. The van der Waals surface area contributed by atoms with Crippen LogP contribution in [0.1, 0.15) is 30.5 Å². The van der Waals surface area contributed by atoms with Crippen LogP contribution in [-0.2, 0) is 17.4 Å². The first-order chi connectivity index (χ1) is 17.1. The zero-order valence-electron chi connectivity index (χ0n) is 19.9. The predicted octanol–water partition coefficient (Wildman–Crippen LogP) is 5.88. The zero-order chi connectivity index (χ0) is 26.3. The highest BCUT2D eigenvalue weighted by molar-refractivity contribution is 6.01. The topological polar surface area (TPSA) is 83.1 Å². The molecule has 3 rings (SSSR count). The van der Waals surface area contributed by atoms with E-state index in [0.717, 1.165) is 23.3 Å². The molecule has 0 saturated carbocycles. The van der Waals surface area contributed by atoms with E-state index in [1.54, 1.807) is 41.6 Å². The molecule has 6 nitrogen and oxygen atoms in total. The molecule has 0 fully saturated rings. The van der Waals surface area contributed by atoms with Crippen LogP contribution < -0.4 is 11.1 Å². The van der Waals surface area contributed by atoms with Crippen molar-refractivity contribution in [2.24, 2.45) is 15.8 Å². The van der Waals surface area contributed by atoms with E-state index in [1.807, 2.05) is 26.0 Å². The maximum absolute atomic E-state index is 13.0. The smallest absolute Gasteiger partial charge is 0.405 e. The number of hydrogen-bond acceptors (Lipinski definition) is 5. The van der Waals surface area contributed by atoms with Crippen LogP contribution in [0.25, 0.3) is 5.70 Å². The fourth-order valence-corrected chi connectivity index (χ4v) is 3.53. The van der Waals surface area contributed by atoms with Crippen molar-refractivity contribution in [3.05, 3.63) is 108 Å². The van der Waals surface area contributed by atoms with Crippen LogP contribution in [0.2, 0.25) is 0 Å². The molecule has 1 aliphatic heterocycles. The molecule has 36 heavy (non-hydrogen) atoms. The molecule has 0 radical (unpaired) electrons. The lowest BCUT2D eigenvalue weighted by molar-refractivity contribution is -0.137. The molecule has 0 aromatic heterocycles. The summed E-state index contributed by atoms with van der Waals surface area (Å²) in [5.41, 5.74) is 8.41. The molecule has 2 aromatic carbocycles. The number of amides is 1. The minimum Gasteiger partial charge on any atom is -0.405 e. The van der Waals surface area contributed by atoms with E-state index in [9.17, 15) is 18.0 Å². The van der Waals surface area contributed by atoms with Gasteiger partial charge >= 0.3 is 6.18 Å². The van der Waals surface area contributed by atoms with Gasteiger partial charge < -0.3 is 11.1 Å². The Labute approximate surface area is 207 Å². The molecule has 0 aliphatic carbocycles. The fourth-order valence-electron chi connectivity index (χ4n) is 3.53. The molecule has 0 bridgehead atoms. The van der Waals surface area contributed by atoms with Crippen molar-refractivity contribution < 1.29 is 18.0 Å². The van der Waals surface area contributed by atoms with Crippen molar-refractivity contribution in [2.75, 3.05) is 5.32 Å². The van der Waals surface area contributed by atoms with E-state index in [2.05, 4.69) is 22.0 Å². The Bertz CT molecular complexity index is 1300. The summed E-state index contributed by atoms with van der Waals surface area (Å²) in [5.74, 6) is -0.0369. The number of rotatable bonds is 7. The molecule has 1 amide bonds. The number of carbonyl (C=O) groups excluding carboxylic acids is 1. The van der Waals surface area contributed by atoms with Gasteiger partial charge in [0.05, 0.1) is 23.4 Å². The molecule has 0 atom stereocenters. The van der Waals surface area contributed by atoms with Gasteiger partial charge in [-0.1, -0.05) is 43.0 Å². The van der Waals surface area contributed by atoms with Crippen LogP contribution in [0.4, 0.5) is 18.9 Å². The molecule has 0 unspecified atom stereocenters. The summed E-state index contributed by atoms with van der Waals surface area (Å²) in [6, 6.07) is 11.8. The number of alkyl halides is 3. The van der Waals surface area contributed by atoms with Gasteiger partial charge in [-0.2, -0.15) is 18.3 Å². The monoisotopic (exact) mass is 493 g/mol. The first kappa shape index (κ1) is 26.2. The highest BCUT2D eigenvalue weighted by Gasteiger charge is 2.30. The minimum absolute atomic E-state index is 0.198. The number of carbonyl (C=O) groups is 1. The number of halogens is 3. The van der Waals surface area contributed by atoms with Crippen LogP contribution in [0.15, 0.2) is 101 Å². The number of benzene rings is 2. The average molecular weight is 494 g/mol. The second kappa shape index (κ2) is 11.4. The van der Waals surface area contributed by atoms with Crippen molar-refractivity contribution >= 4 is 29.2 Å². The van der Waals surface area contributed by atoms with E-state index in [0.29, 0.717) is 22.9 Å². The zero-order valence-corrected chi connectivity index (χ0v) is 19.9. The molecule has 1 aliphatic rings. The molecule has 1 heterocycles. The van der Waals surface area contributed by atoms with Crippen molar-refractivity contribution in [3.8, 4) is 0 Å². The van der Waals surface area contributed by atoms with Gasteiger partial charge in [0.2, 0.25) is 5.91 Å². The van der Waals surface area contributed by atoms with Crippen molar-refractivity contribution in [1.82, 2.24) is 5.01 Å². The summed E-state index contributed by atoms with van der Waals surface area (Å²) in [5, 5.41) is 8.99. The Morgan fingerprint density at radius 3 is 2.67 bits per heavy atom. The summed E-state index contributed by atoms with van der Waals surface area (Å²) < 4.78 is 38.9. The number of nitrogens with zero attached hydrogens (tertiary/aromatic N) is 3. The third-order valence-electron chi connectivity index (χ3n) is 5.24. The lowest BCUT2D eigenvalue weighted by Crippen LogP contribution is -2.19. The number of allylic oxidation sites excluding steroid dienone is 4. The molecular weight excluding hydrogens is 467 g/mol. The summed E-state index contributed by atoms with van der Waals surface area (Å²) in [4.78, 5) is 16.8. The Hall–Kier alpha value is -4.40. The van der Waals surface area contributed by atoms with Gasteiger partial charge in [-0.15, -0.1) is 0 Å². The molecule has 0 saturated heterocycles. The van der Waals surface area contributed by atoms with Gasteiger partial charge in [-0.25, -0.2) is 10.0 Å². The summed E-state index contributed by atoms with van der Waals surface area (Å²) in [6.07, 6.45) is 3.75. The van der Waals surface area contributed by atoms with Crippen LogP contribution >= 0.6 is 0 Å². The number of hydrogen-bond donors (Lipinski definition) is 2. The fraction of sp³-hybridized carbons (Fsp3) is 0.148. The minimum atomic E-state index is -4.47. The standard InChI is InChI=1S/C27H26F3N5O/c1-4-21(11-13-31)18(2)34-35-19(3)32-14-12-25(35)22-8-6-10-24(17-22)33-26(36)16-20-7-5-9-23(15-20)27(28,29)30/h4-15,17H,3,16,31H2,1-2H3,(H,33,36)/b13-11-,21-4+,34-18+. The quantitative estimate of drug-likeness (QED) is 0.373. The Kier molecular flexibility index (Phi) is 8.26. The van der Waals surface area contributed by atoms with Crippen LogP contribution in [0.3, 0.4) is 0 Å². The number of hydrazone groups is 1. The highest BCUT2D eigenvalue weighted by atomic mass is 19.4. The van der Waals surface area contributed by atoms with Gasteiger partial charge in [0, 0.05) is 17.5 Å². The number of anilines is 1. The summed E-state index contributed by atoms with van der Waals surface area (Å²) in [6.45, 7) is 7.68. The second-order valence-corrected chi connectivity index (χ2v) is 7.85. The first-order valence-corrected chi connectivity index (χ1v) is 11.0. The largest absolute Gasteiger partial charge is 0.416 e. The van der Waals surface area contributed by atoms with Crippen LogP contribution in [0, 0.1) is 0 Å². The van der Waals surface area contributed by atoms with E-state index in [4.69, 9.17) is 5.73 Å². The van der Waals surface area contributed by atoms with Gasteiger partial charge in [0.15, 0.2) is 0 Å². The first-order valence-electron chi connectivity index (χ1n) is 11.0. The summed E-state index contributed by atoms with van der Waals surface area (Å²) in [7, 11) is 0. The van der Waals surface area contributed by atoms with Gasteiger partial charge in [0.25, 0.3) is 0 Å². The maximum Gasteiger partial charge on any atom is 0.416 e. The van der Waals surface area contributed by atoms with E-state index in [-0.39, 0.29) is 12.0 Å². The van der Waals surface area contributed by atoms with E-state index >= 15 is 0 Å². The van der Waals surface area contributed by atoms with Gasteiger partial charge in [-0.3, -0.25) is 4.79 Å². The Balaban J connectivity index is 1.82. The number of nitrogens with two attached hydrogens (primary N) is 1. The molecular formula is C27H26F3N5O. The Morgan fingerprint density at radius 2 is 1.97 bits per heavy atom. The summed E-state index contributed by atoms with van der Waals surface area (Å²) >= 11 is 0. The van der Waals surface area contributed by atoms with Gasteiger partial charge in [-0.05, 0) is 61.5 Å². The third-order valence-corrected chi connectivity index (χ3v) is 5.24. The van der Waals surface area contributed by atoms with Crippen molar-refractivity contribution in [1.29, 1.82) is 0 Å². The van der Waals surface area contributed by atoms with Gasteiger partial charge in [0.1, 0.15) is 5.82 Å². The van der Waals surface area contributed by atoms with E-state index < -0.39 is 17.6 Å². The Morgan fingerprint density at radius 1 is 1.22 bits per heavy atom. The van der Waals surface area contributed by atoms with Crippen molar-refractivity contribution in [3.63, 3.8) is 0 Å². The molecule has 9 heteroatoms. The van der Waals surface area contributed by atoms with Crippen molar-refractivity contribution in [2.45, 2.75) is 26.4 Å². The average Bonchev–Trinajstić information content (AvgIpc) is 2.83. The molecule has 3 N–H and O–H groups in total. The molecule has 186 valence electrons. The van der Waals surface area contributed by atoms with Crippen LogP contribution in [0.5, 0.6) is 0 Å². The predicted molar refractivity (Wildman–Crippen MR) is 138 cm³/mol. The number of aliphatic imine (C=N–C) groups is 1. The second-order valence-electron chi connectivity index (χ2n) is 7.85. The number of nitrogens with one attached hydrogen (secondary N) is 1. The molecule has 2 aromatic rings. The highest BCUT2D eigenvalue weighted by Crippen LogP contribution is 2.30. The lowest BCUT2D eigenvalue weighted by atomic mass is 10.1. The normalized spacial score (nSPS) is 14.9. The third kappa shape index (κ3) is 6.59.